The molecule has 3 atom stereocenters. The van der Waals surface area contributed by atoms with Gasteiger partial charge < -0.3 is 19.8 Å². The standard InChI is InChI=1S/C61H115N2O6P/c1-6-8-10-12-14-16-18-20-22-24-26-28-30-31-33-34-36-38-40-42-44-46-48-50-52-54-60(64)59(58-69-70(66,67)68-57-56-63(3,4)5)62-61(65)55-53-51-49-47-45-43-41-39-37-35-32-29-27-25-23-21-19-17-15-13-11-9-7-2/h9,11,15,17,21,23,27,29,52,54,59-60,64H,6-8,10,12-14,16,18-20,22,24-26,28,30-51,53,55-58H2,1-5H3,(H-,62,65,66,67)/p+1/b11-9-,17-15-,23-21-,29-27-,54-52+. The second-order valence-electron chi connectivity index (χ2n) is 21.3. The van der Waals surface area contributed by atoms with Crippen LogP contribution >= 0.6 is 7.82 Å². The molecular weight excluding hydrogens is 888 g/mol. The van der Waals surface area contributed by atoms with Crippen LogP contribution in [-0.4, -0.2) is 73.4 Å². The van der Waals surface area contributed by atoms with Gasteiger partial charge in [0.2, 0.25) is 5.91 Å². The fourth-order valence-corrected chi connectivity index (χ4v) is 9.36. The number of amides is 1. The molecule has 0 bridgehead atoms. The lowest BCUT2D eigenvalue weighted by Crippen LogP contribution is -2.45. The van der Waals surface area contributed by atoms with Crippen molar-refractivity contribution >= 4 is 13.7 Å². The van der Waals surface area contributed by atoms with Gasteiger partial charge in [-0.25, -0.2) is 4.57 Å². The summed E-state index contributed by atoms with van der Waals surface area (Å²) in [5, 5.41) is 14.0. The summed E-state index contributed by atoms with van der Waals surface area (Å²) >= 11 is 0. The number of hydrogen-bond acceptors (Lipinski definition) is 5. The largest absolute Gasteiger partial charge is 0.472 e. The molecule has 3 unspecified atom stereocenters. The Morgan fingerprint density at radius 3 is 1.26 bits per heavy atom. The van der Waals surface area contributed by atoms with Gasteiger partial charge in [-0.1, -0.05) is 267 Å². The Hall–Kier alpha value is -1.80. The highest BCUT2D eigenvalue weighted by Gasteiger charge is 2.27. The average molecular weight is 1000 g/mol. The van der Waals surface area contributed by atoms with Gasteiger partial charge >= 0.3 is 7.82 Å². The number of unbranched alkanes of at least 4 members (excludes halogenated alkanes) is 33. The predicted molar refractivity (Wildman–Crippen MR) is 304 cm³/mol. The van der Waals surface area contributed by atoms with E-state index in [1.165, 1.54) is 186 Å². The van der Waals surface area contributed by atoms with E-state index < -0.39 is 20.0 Å². The van der Waals surface area contributed by atoms with E-state index >= 15 is 0 Å². The fourth-order valence-electron chi connectivity index (χ4n) is 8.62. The first-order chi connectivity index (χ1) is 34.0. The molecule has 0 aliphatic carbocycles. The molecule has 3 N–H and O–H groups in total. The summed E-state index contributed by atoms with van der Waals surface area (Å²) in [5.41, 5.74) is 0. The van der Waals surface area contributed by atoms with E-state index in [1.807, 2.05) is 27.2 Å². The van der Waals surface area contributed by atoms with Gasteiger partial charge in [-0.15, -0.1) is 0 Å². The maximum atomic E-state index is 13.0. The molecular formula is C61H116N2O6P+. The van der Waals surface area contributed by atoms with Crippen LogP contribution in [0.4, 0.5) is 0 Å². The smallest absolute Gasteiger partial charge is 0.387 e. The molecule has 0 aromatic carbocycles. The second-order valence-corrected chi connectivity index (χ2v) is 22.8. The molecule has 70 heavy (non-hydrogen) atoms. The second kappa shape index (κ2) is 52.1. The SMILES string of the molecule is CC/C=C\C/C=C\C/C=C\C/C=C\CCCCCCCCCCCCC(=O)NC(COP(=O)(O)OCC[N+](C)(C)C)C(O)/C=C/CCCCCCCCCCCCCCCCCCCCCCCCC. The van der Waals surface area contributed by atoms with Crippen molar-refractivity contribution in [3.05, 3.63) is 60.8 Å². The van der Waals surface area contributed by atoms with Gasteiger partial charge in [0.1, 0.15) is 13.2 Å². The molecule has 410 valence electrons. The lowest BCUT2D eigenvalue weighted by atomic mass is 10.0. The van der Waals surface area contributed by atoms with E-state index in [0.29, 0.717) is 17.4 Å². The molecule has 8 nitrogen and oxygen atoms in total. The number of carbonyl (C=O) groups excluding carboxylic acids is 1. The van der Waals surface area contributed by atoms with Crippen LogP contribution in [0.3, 0.4) is 0 Å². The monoisotopic (exact) mass is 1000 g/mol. The highest BCUT2D eigenvalue weighted by molar-refractivity contribution is 7.47. The first-order valence-electron chi connectivity index (χ1n) is 29.7. The Kier molecular flexibility index (Phi) is 50.7. The van der Waals surface area contributed by atoms with E-state index in [-0.39, 0.29) is 19.1 Å². The van der Waals surface area contributed by atoms with E-state index in [0.717, 1.165) is 64.2 Å². The van der Waals surface area contributed by atoms with Crippen molar-refractivity contribution < 1.29 is 32.9 Å². The summed E-state index contributed by atoms with van der Waals surface area (Å²) < 4.78 is 23.7. The molecule has 9 heteroatoms. The van der Waals surface area contributed by atoms with E-state index in [9.17, 15) is 19.4 Å². The molecule has 0 aliphatic rings. The molecule has 0 heterocycles. The summed E-state index contributed by atoms with van der Waals surface area (Å²) in [4.78, 5) is 23.3. The summed E-state index contributed by atoms with van der Waals surface area (Å²) in [7, 11) is 1.57. The van der Waals surface area contributed by atoms with Gasteiger partial charge in [-0.05, 0) is 57.8 Å². The number of hydrogen-bond donors (Lipinski definition) is 3. The van der Waals surface area contributed by atoms with Crippen molar-refractivity contribution in [1.82, 2.24) is 5.32 Å². The van der Waals surface area contributed by atoms with Crippen LogP contribution in [0.25, 0.3) is 0 Å². The number of phosphoric ester groups is 1. The number of aliphatic hydroxyl groups is 1. The third kappa shape index (κ3) is 54.0. The number of rotatable bonds is 54. The van der Waals surface area contributed by atoms with E-state index in [2.05, 4.69) is 67.8 Å². The number of aliphatic hydroxyl groups excluding tert-OH is 1. The Balaban J connectivity index is 4.21. The molecule has 0 aromatic rings. The van der Waals surface area contributed by atoms with E-state index in [4.69, 9.17) is 9.05 Å². The lowest BCUT2D eigenvalue weighted by Gasteiger charge is -2.25. The molecule has 0 saturated heterocycles. The van der Waals surface area contributed by atoms with Crippen molar-refractivity contribution in [3.8, 4) is 0 Å². The Morgan fingerprint density at radius 2 is 0.857 bits per heavy atom. The zero-order valence-corrected chi connectivity index (χ0v) is 47.7. The van der Waals surface area contributed by atoms with Gasteiger partial charge in [0.25, 0.3) is 0 Å². The topological polar surface area (TPSA) is 105 Å². The number of nitrogens with one attached hydrogen (secondary N) is 1. The molecule has 0 spiro atoms. The fraction of sp³-hybridized carbons (Fsp3) is 0.820. The zero-order valence-electron chi connectivity index (χ0n) is 46.8. The quantitative estimate of drug-likeness (QED) is 0.0243. The van der Waals surface area contributed by atoms with Crippen LogP contribution in [0, 0.1) is 0 Å². The van der Waals surface area contributed by atoms with E-state index in [1.54, 1.807) is 6.08 Å². The van der Waals surface area contributed by atoms with Crippen LogP contribution in [-0.2, 0) is 18.4 Å². The minimum Gasteiger partial charge on any atom is -0.387 e. The number of allylic oxidation sites excluding steroid dienone is 9. The molecule has 0 aromatic heterocycles. The number of quaternary nitrogens is 1. The Labute approximate surface area is 434 Å². The molecule has 0 radical (unpaired) electrons. The number of likely N-dealkylation sites (N-methyl/N-ethyl adjacent to an activating group) is 1. The minimum absolute atomic E-state index is 0.0591. The van der Waals surface area contributed by atoms with Crippen LogP contribution in [0.15, 0.2) is 60.8 Å². The molecule has 0 rings (SSSR count). The summed E-state index contributed by atoms with van der Waals surface area (Å²) in [6.45, 7) is 4.73. The molecule has 0 fully saturated rings. The third-order valence-electron chi connectivity index (χ3n) is 13.2. The zero-order chi connectivity index (χ0) is 51.3. The van der Waals surface area contributed by atoms with Gasteiger partial charge in [0.05, 0.1) is 39.9 Å². The van der Waals surface area contributed by atoms with Crippen LogP contribution < -0.4 is 5.32 Å². The maximum absolute atomic E-state index is 13.0. The van der Waals surface area contributed by atoms with Crippen molar-refractivity contribution in [2.45, 2.75) is 283 Å². The summed E-state index contributed by atoms with van der Waals surface area (Å²) in [6, 6.07) is -0.852. The normalized spacial score (nSPS) is 14.3. The summed E-state index contributed by atoms with van der Waals surface area (Å²) in [6.07, 6.45) is 70.4. The van der Waals surface area contributed by atoms with Crippen molar-refractivity contribution in [2.24, 2.45) is 0 Å². The van der Waals surface area contributed by atoms with Crippen molar-refractivity contribution in [2.75, 3.05) is 40.9 Å². The Bertz CT molecular complexity index is 1320. The van der Waals surface area contributed by atoms with Gasteiger partial charge in [0, 0.05) is 6.42 Å². The van der Waals surface area contributed by atoms with Crippen molar-refractivity contribution in [3.63, 3.8) is 0 Å². The highest BCUT2D eigenvalue weighted by Crippen LogP contribution is 2.43. The summed E-state index contributed by atoms with van der Waals surface area (Å²) in [5.74, 6) is -0.181. The molecule has 0 saturated carbocycles. The number of nitrogens with zero attached hydrogens (tertiary/aromatic N) is 1. The van der Waals surface area contributed by atoms with Crippen molar-refractivity contribution in [1.29, 1.82) is 0 Å². The maximum Gasteiger partial charge on any atom is 0.472 e. The number of phosphoric acid groups is 1. The predicted octanol–water partition coefficient (Wildman–Crippen LogP) is 18.1. The Morgan fingerprint density at radius 1 is 0.500 bits per heavy atom. The van der Waals surface area contributed by atoms with Crippen LogP contribution in [0.1, 0.15) is 271 Å². The molecule has 1 amide bonds. The van der Waals surface area contributed by atoms with Gasteiger partial charge in [-0.3, -0.25) is 13.8 Å². The first-order valence-corrected chi connectivity index (χ1v) is 31.2. The lowest BCUT2D eigenvalue weighted by molar-refractivity contribution is -0.870. The average Bonchev–Trinajstić information content (AvgIpc) is 3.32. The van der Waals surface area contributed by atoms with Gasteiger partial charge in [-0.2, -0.15) is 0 Å². The third-order valence-corrected chi connectivity index (χ3v) is 14.2. The minimum atomic E-state index is -4.35. The first kappa shape index (κ1) is 68.2. The van der Waals surface area contributed by atoms with Crippen LogP contribution in [0.5, 0.6) is 0 Å². The van der Waals surface area contributed by atoms with Crippen LogP contribution in [0.2, 0.25) is 0 Å². The molecule has 0 aliphatic heterocycles. The number of carbonyl (C=O) groups is 1. The highest BCUT2D eigenvalue weighted by atomic mass is 31.2. The van der Waals surface area contributed by atoms with Gasteiger partial charge in [0.15, 0.2) is 0 Å².